The summed E-state index contributed by atoms with van der Waals surface area (Å²) in [5.41, 5.74) is 0.266. The van der Waals surface area contributed by atoms with Crippen molar-refractivity contribution in [1.29, 1.82) is 0 Å². The maximum absolute atomic E-state index is 13.5. The fourth-order valence-corrected chi connectivity index (χ4v) is 1.98. The third-order valence-electron chi connectivity index (χ3n) is 2.99. The first kappa shape index (κ1) is 16.2. The lowest BCUT2D eigenvalue weighted by atomic mass is 10.2. The van der Waals surface area contributed by atoms with Crippen LogP contribution in [0, 0.1) is 17.5 Å². The van der Waals surface area contributed by atoms with Crippen molar-refractivity contribution in [2.24, 2.45) is 0 Å². The van der Waals surface area contributed by atoms with Gasteiger partial charge in [-0.1, -0.05) is 29.8 Å². The Labute approximate surface area is 130 Å². The maximum Gasteiger partial charge on any atom is 0.321 e. The number of nitrogens with one attached hydrogen (secondary N) is 1. The molecule has 0 bridgehead atoms. The van der Waals surface area contributed by atoms with Crippen molar-refractivity contribution in [2.45, 2.75) is 6.54 Å². The van der Waals surface area contributed by atoms with E-state index in [0.29, 0.717) is 10.6 Å². The van der Waals surface area contributed by atoms with Crippen molar-refractivity contribution in [3.05, 3.63) is 64.4 Å². The molecular weight excluding hydrogens is 317 g/mol. The van der Waals surface area contributed by atoms with Gasteiger partial charge >= 0.3 is 6.03 Å². The number of halogens is 4. The van der Waals surface area contributed by atoms with Gasteiger partial charge in [0.2, 0.25) is 0 Å². The lowest BCUT2D eigenvalue weighted by Crippen LogP contribution is -2.31. The molecule has 0 radical (unpaired) electrons. The van der Waals surface area contributed by atoms with Gasteiger partial charge in [-0.15, -0.1) is 0 Å². The van der Waals surface area contributed by atoms with Crippen molar-refractivity contribution >= 4 is 23.3 Å². The quantitative estimate of drug-likeness (QED) is 0.831. The number of rotatable bonds is 3. The highest BCUT2D eigenvalue weighted by atomic mass is 35.5. The van der Waals surface area contributed by atoms with Crippen LogP contribution in [0.5, 0.6) is 0 Å². The fraction of sp³-hybridized carbons (Fsp3) is 0.133. The van der Waals surface area contributed by atoms with E-state index in [1.807, 2.05) is 0 Å². The Bertz CT molecular complexity index is 709. The van der Waals surface area contributed by atoms with Crippen molar-refractivity contribution in [3.8, 4) is 0 Å². The van der Waals surface area contributed by atoms with Gasteiger partial charge in [0.05, 0.1) is 5.69 Å². The molecule has 22 heavy (non-hydrogen) atoms. The summed E-state index contributed by atoms with van der Waals surface area (Å²) in [7, 11) is 1.47. The number of urea groups is 1. The van der Waals surface area contributed by atoms with Crippen LogP contribution < -0.4 is 5.32 Å². The topological polar surface area (TPSA) is 32.3 Å². The van der Waals surface area contributed by atoms with Gasteiger partial charge in [0.1, 0.15) is 0 Å². The van der Waals surface area contributed by atoms with Gasteiger partial charge in [0.15, 0.2) is 17.5 Å². The molecule has 0 saturated heterocycles. The molecule has 0 aliphatic carbocycles. The molecule has 7 heteroatoms. The zero-order valence-electron chi connectivity index (χ0n) is 11.5. The smallest absolute Gasteiger partial charge is 0.321 e. The first-order chi connectivity index (χ1) is 10.4. The van der Waals surface area contributed by atoms with Crippen LogP contribution in [0.1, 0.15) is 5.56 Å². The van der Waals surface area contributed by atoms with E-state index in [-0.39, 0.29) is 6.54 Å². The van der Waals surface area contributed by atoms with Crippen LogP contribution in [0.25, 0.3) is 0 Å². The van der Waals surface area contributed by atoms with Crippen LogP contribution in [0.15, 0.2) is 36.4 Å². The second kappa shape index (κ2) is 6.70. The first-order valence-electron chi connectivity index (χ1n) is 6.29. The van der Waals surface area contributed by atoms with Gasteiger partial charge < -0.3 is 10.2 Å². The molecule has 2 amide bonds. The van der Waals surface area contributed by atoms with E-state index in [4.69, 9.17) is 11.6 Å². The van der Waals surface area contributed by atoms with Crippen molar-refractivity contribution in [2.75, 3.05) is 12.4 Å². The van der Waals surface area contributed by atoms with Gasteiger partial charge in [-0.25, -0.2) is 18.0 Å². The lowest BCUT2D eigenvalue weighted by molar-refractivity contribution is 0.220. The molecule has 2 aromatic rings. The summed E-state index contributed by atoms with van der Waals surface area (Å²) in [6.45, 7) is 0.177. The van der Waals surface area contributed by atoms with E-state index < -0.39 is 29.2 Å². The third-order valence-corrected chi connectivity index (χ3v) is 3.36. The van der Waals surface area contributed by atoms with Crippen LogP contribution in [-0.2, 0) is 6.54 Å². The normalized spacial score (nSPS) is 10.4. The SMILES string of the molecule is CN(Cc1ccccc1Cl)C(=O)Nc1ccc(F)c(F)c1F. The number of carbonyl (C=O) groups is 1. The number of nitrogens with zero attached hydrogens (tertiary/aromatic N) is 1. The molecular formula is C15H12ClF3N2O. The first-order valence-corrected chi connectivity index (χ1v) is 6.67. The average molecular weight is 329 g/mol. The van der Waals surface area contributed by atoms with Crippen LogP contribution in [0.4, 0.5) is 23.7 Å². The Morgan fingerprint density at radius 1 is 1.14 bits per heavy atom. The average Bonchev–Trinajstić information content (AvgIpc) is 2.50. The minimum atomic E-state index is -1.63. The Balaban J connectivity index is 2.09. The van der Waals surface area contributed by atoms with Crippen LogP contribution in [0.3, 0.4) is 0 Å². The van der Waals surface area contributed by atoms with Gasteiger partial charge in [-0.2, -0.15) is 0 Å². The standard InChI is InChI=1S/C15H12ClF3N2O/c1-21(8-9-4-2-3-5-10(9)16)15(22)20-12-7-6-11(17)13(18)14(12)19/h2-7H,8H2,1H3,(H,20,22). The Kier molecular flexibility index (Phi) is 4.92. The highest BCUT2D eigenvalue weighted by Crippen LogP contribution is 2.21. The highest BCUT2D eigenvalue weighted by Gasteiger charge is 2.17. The van der Waals surface area contributed by atoms with Crippen molar-refractivity contribution < 1.29 is 18.0 Å². The molecule has 0 aliphatic heterocycles. The summed E-state index contributed by atoms with van der Waals surface area (Å²) in [6.07, 6.45) is 0. The van der Waals surface area contributed by atoms with Gasteiger partial charge in [-0.3, -0.25) is 0 Å². The monoisotopic (exact) mass is 328 g/mol. The predicted molar refractivity (Wildman–Crippen MR) is 78.3 cm³/mol. The molecule has 0 fully saturated rings. The lowest BCUT2D eigenvalue weighted by Gasteiger charge is -2.19. The predicted octanol–water partition coefficient (Wildman–Crippen LogP) is 4.42. The number of benzene rings is 2. The van der Waals surface area contributed by atoms with Crippen molar-refractivity contribution in [1.82, 2.24) is 4.90 Å². The molecule has 3 nitrogen and oxygen atoms in total. The molecule has 0 spiro atoms. The molecule has 2 rings (SSSR count). The summed E-state index contributed by atoms with van der Waals surface area (Å²) >= 11 is 5.99. The number of anilines is 1. The van der Waals surface area contributed by atoms with E-state index >= 15 is 0 Å². The summed E-state index contributed by atoms with van der Waals surface area (Å²) in [4.78, 5) is 13.2. The third kappa shape index (κ3) is 3.51. The van der Waals surface area contributed by atoms with E-state index in [2.05, 4.69) is 5.32 Å². The molecule has 0 aromatic heterocycles. The molecule has 0 unspecified atom stereocenters. The van der Waals surface area contributed by atoms with E-state index in [1.165, 1.54) is 11.9 Å². The van der Waals surface area contributed by atoms with Gasteiger partial charge in [0.25, 0.3) is 0 Å². The van der Waals surface area contributed by atoms with E-state index in [0.717, 1.165) is 12.1 Å². The molecule has 0 saturated carbocycles. The fourth-order valence-electron chi connectivity index (χ4n) is 1.79. The number of carbonyl (C=O) groups excluding carboxylic acids is 1. The Morgan fingerprint density at radius 2 is 1.82 bits per heavy atom. The summed E-state index contributed by atoms with van der Waals surface area (Å²) in [5, 5.41) is 2.67. The second-order valence-corrected chi connectivity index (χ2v) is 5.01. The van der Waals surface area contributed by atoms with Gasteiger partial charge in [-0.05, 0) is 23.8 Å². The Hall–Kier alpha value is -2.21. The molecule has 116 valence electrons. The van der Waals surface area contributed by atoms with Crippen LogP contribution >= 0.6 is 11.6 Å². The van der Waals surface area contributed by atoms with Crippen LogP contribution in [-0.4, -0.2) is 18.0 Å². The minimum Gasteiger partial charge on any atom is -0.323 e. The largest absolute Gasteiger partial charge is 0.323 e. The summed E-state index contributed by atoms with van der Waals surface area (Å²) in [5.74, 6) is -4.40. The van der Waals surface area contributed by atoms with E-state index in [9.17, 15) is 18.0 Å². The molecule has 1 N–H and O–H groups in total. The maximum atomic E-state index is 13.5. The van der Waals surface area contributed by atoms with Crippen molar-refractivity contribution in [3.63, 3.8) is 0 Å². The molecule has 0 atom stereocenters. The second-order valence-electron chi connectivity index (χ2n) is 4.60. The highest BCUT2D eigenvalue weighted by molar-refractivity contribution is 6.31. The van der Waals surface area contributed by atoms with E-state index in [1.54, 1.807) is 24.3 Å². The minimum absolute atomic E-state index is 0.177. The summed E-state index contributed by atoms with van der Waals surface area (Å²) in [6, 6.07) is 7.95. The molecule has 0 heterocycles. The number of amides is 2. The molecule has 0 aliphatic rings. The Morgan fingerprint density at radius 3 is 2.50 bits per heavy atom. The zero-order valence-corrected chi connectivity index (χ0v) is 12.3. The number of hydrogen-bond donors (Lipinski definition) is 1. The van der Waals surface area contributed by atoms with Crippen LogP contribution in [0.2, 0.25) is 5.02 Å². The number of hydrogen-bond acceptors (Lipinski definition) is 1. The molecule has 2 aromatic carbocycles. The van der Waals surface area contributed by atoms with Gasteiger partial charge in [0, 0.05) is 18.6 Å². The zero-order chi connectivity index (χ0) is 16.3. The summed E-state index contributed by atoms with van der Waals surface area (Å²) < 4.78 is 39.5.